The Labute approximate surface area is 213 Å². The maximum absolute atomic E-state index is 12.6. The summed E-state index contributed by atoms with van der Waals surface area (Å²) in [6, 6.07) is 14.5. The number of fused-ring (bicyclic) bond motifs is 1. The number of anilines is 1. The van der Waals surface area contributed by atoms with Gasteiger partial charge in [-0.15, -0.1) is 11.3 Å². The second-order valence-corrected chi connectivity index (χ2v) is 11.6. The van der Waals surface area contributed by atoms with Crippen molar-refractivity contribution in [3.8, 4) is 11.1 Å². The van der Waals surface area contributed by atoms with E-state index in [0.29, 0.717) is 18.8 Å². The highest BCUT2D eigenvalue weighted by Crippen LogP contribution is 2.37. The standard InChI is InChI=1S/C25H26N4O3S3/c1-4-29(5-2)35(31,32)20-12-10-19(11-13-20)28-22(30)15-34-25-23-21(14-33-24(23)26-16-27-25)18-8-6-17(3)7-9-18/h6-14,16H,4-5,15H2,1-3H3,(H,28,30). The first-order valence-electron chi connectivity index (χ1n) is 11.2. The average molecular weight is 527 g/mol. The molecule has 1 amide bonds. The fraction of sp³-hybridized carbons (Fsp3) is 0.240. The Bertz CT molecular complexity index is 1430. The van der Waals surface area contributed by atoms with E-state index in [2.05, 4.69) is 51.9 Å². The Morgan fingerprint density at radius 2 is 1.71 bits per heavy atom. The van der Waals surface area contributed by atoms with Gasteiger partial charge < -0.3 is 5.32 Å². The van der Waals surface area contributed by atoms with Gasteiger partial charge in [0.1, 0.15) is 16.2 Å². The third kappa shape index (κ3) is 5.56. The van der Waals surface area contributed by atoms with Crippen molar-refractivity contribution < 1.29 is 13.2 Å². The lowest BCUT2D eigenvalue weighted by Crippen LogP contribution is -2.30. The van der Waals surface area contributed by atoms with Gasteiger partial charge in [0.15, 0.2) is 0 Å². The fourth-order valence-electron chi connectivity index (χ4n) is 3.66. The summed E-state index contributed by atoms with van der Waals surface area (Å²) in [5.41, 5.74) is 3.87. The Balaban J connectivity index is 1.46. The summed E-state index contributed by atoms with van der Waals surface area (Å²) in [5.74, 6) is -0.0392. The van der Waals surface area contributed by atoms with Crippen LogP contribution in [0.15, 0.2) is 70.2 Å². The van der Waals surface area contributed by atoms with E-state index in [0.717, 1.165) is 26.4 Å². The normalized spacial score (nSPS) is 11.8. The van der Waals surface area contributed by atoms with Gasteiger partial charge in [-0.2, -0.15) is 4.31 Å². The first-order chi connectivity index (χ1) is 16.8. The van der Waals surface area contributed by atoms with Gasteiger partial charge in [0, 0.05) is 29.7 Å². The molecule has 2 aromatic heterocycles. The number of carbonyl (C=O) groups is 1. The number of aromatic nitrogens is 2. The molecule has 0 saturated heterocycles. The van der Waals surface area contributed by atoms with Crippen molar-refractivity contribution in [1.29, 1.82) is 0 Å². The van der Waals surface area contributed by atoms with Crippen molar-refractivity contribution in [3.63, 3.8) is 0 Å². The summed E-state index contributed by atoms with van der Waals surface area (Å²) in [6.45, 7) is 6.47. The number of aryl methyl sites for hydroxylation is 1. The molecule has 0 saturated carbocycles. The number of hydrogen-bond acceptors (Lipinski definition) is 7. The molecule has 4 aromatic rings. The first-order valence-corrected chi connectivity index (χ1v) is 14.5. The molecule has 0 aliphatic rings. The summed E-state index contributed by atoms with van der Waals surface area (Å²) in [7, 11) is -3.53. The largest absolute Gasteiger partial charge is 0.325 e. The Kier molecular flexibility index (Phi) is 7.85. The molecule has 0 spiro atoms. The van der Waals surface area contributed by atoms with Crippen LogP contribution in [0.5, 0.6) is 0 Å². The Morgan fingerprint density at radius 3 is 2.37 bits per heavy atom. The number of nitrogens with zero attached hydrogens (tertiary/aromatic N) is 3. The third-order valence-corrected chi connectivity index (χ3v) is 9.46. The van der Waals surface area contributed by atoms with Crippen LogP contribution in [0.1, 0.15) is 19.4 Å². The van der Waals surface area contributed by atoms with Gasteiger partial charge in [0.05, 0.1) is 16.0 Å². The molecule has 0 unspecified atom stereocenters. The number of nitrogens with one attached hydrogen (secondary N) is 1. The quantitative estimate of drug-likeness (QED) is 0.231. The molecule has 35 heavy (non-hydrogen) atoms. The van der Waals surface area contributed by atoms with Crippen molar-refractivity contribution >= 4 is 54.9 Å². The van der Waals surface area contributed by atoms with Gasteiger partial charge in [-0.05, 0) is 36.8 Å². The van der Waals surface area contributed by atoms with Gasteiger partial charge in [0.2, 0.25) is 15.9 Å². The zero-order valence-corrected chi connectivity index (χ0v) is 22.1. The minimum absolute atomic E-state index is 0.162. The van der Waals surface area contributed by atoms with Gasteiger partial charge >= 0.3 is 0 Å². The number of hydrogen-bond donors (Lipinski definition) is 1. The molecule has 0 aliphatic heterocycles. The summed E-state index contributed by atoms with van der Waals surface area (Å²) in [4.78, 5) is 22.6. The number of thioether (sulfide) groups is 1. The minimum atomic E-state index is -3.53. The minimum Gasteiger partial charge on any atom is -0.325 e. The summed E-state index contributed by atoms with van der Waals surface area (Å²) < 4.78 is 26.7. The first kappa shape index (κ1) is 25.3. The molecule has 7 nitrogen and oxygen atoms in total. The summed E-state index contributed by atoms with van der Waals surface area (Å²) in [5, 5.41) is 6.61. The van der Waals surface area contributed by atoms with E-state index in [1.807, 2.05) is 0 Å². The van der Waals surface area contributed by atoms with E-state index in [1.165, 1.54) is 40.1 Å². The lowest BCUT2D eigenvalue weighted by molar-refractivity contribution is -0.113. The maximum Gasteiger partial charge on any atom is 0.243 e. The van der Waals surface area contributed by atoms with Crippen molar-refractivity contribution in [3.05, 3.63) is 65.8 Å². The molecule has 0 fully saturated rings. The summed E-state index contributed by atoms with van der Waals surface area (Å²) >= 11 is 2.91. The van der Waals surface area contributed by atoms with E-state index in [1.54, 1.807) is 37.3 Å². The fourth-order valence-corrected chi connectivity index (χ4v) is 6.91. The Morgan fingerprint density at radius 1 is 1.03 bits per heavy atom. The topological polar surface area (TPSA) is 92.3 Å². The number of amides is 1. The second kappa shape index (κ2) is 10.9. The lowest BCUT2D eigenvalue weighted by Gasteiger charge is -2.18. The number of sulfonamides is 1. The molecule has 2 aromatic carbocycles. The molecule has 1 N–H and O–H groups in total. The zero-order valence-electron chi connectivity index (χ0n) is 19.7. The molecule has 0 bridgehead atoms. The second-order valence-electron chi connectivity index (χ2n) is 7.82. The highest BCUT2D eigenvalue weighted by atomic mass is 32.2. The SMILES string of the molecule is CCN(CC)S(=O)(=O)c1ccc(NC(=O)CSc2ncnc3scc(-c4ccc(C)cc4)c23)cc1. The summed E-state index contributed by atoms with van der Waals surface area (Å²) in [6.07, 6.45) is 1.52. The molecular formula is C25H26N4O3S3. The predicted octanol–water partition coefficient (Wildman–Crippen LogP) is 5.43. The smallest absolute Gasteiger partial charge is 0.243 e. The van der Waals surface area contributed by atoms with Crippen LogP contribution in [-0.4, -0.2) is 47.4 Å². The van der Waals surface area contributed by atoms with Crippen LogP contribution >= 0.6 is 23.1 Å². The van der Waals surface area contributed by atoms with Gasteiger partial charge in [-0.25, -0.2) is 18.4 Å². The van der Waals surface area contributed by atoms with Crippen LogP contribution in [0, 0.1) is 6.92 Å². The predicted molar refractivity (Wildman–Crippen MR) is 143 cm³/mol. The van der Waals surface area contributed by atoms with Crippen molar-refractivity contribution in [2.75, 3.05) is 24.2 Å². The van der Waals surface area contributed by atoms with Crippen molar-refractivity contribution in [1.82, 2.24) is 14.3 Å². The molecule has 10 heteroatoms. The average Bonchev–Trinajstić information content (AvgIpc) is 3.29. The molecule has 0 radical (unpaired) electrons. The van der Waals surface area contributed by atoms with E-state index < -0.39 is 10.0 Å². The van der Waals surface area contributed by atoms with Crippen LogP contribution in [0.25, 0.3) is 21.3 Å². The molecule has 0 aliphatic carbocycles. The maximum atomic E-state index is 12.6. The van der Waals surface area contributed by atoms with Gasteiger partial charge in [0.25, 0.3) is 0 Å². The molecule has 2 heterocycles. The molecule has 182 valence electrons. The van der Waals surface area contributed by atoms with Gasteiger partial charge in [-0.3, -0.25) is 4.79 Å². The third-order valence-electron chi connectivity index (χ3n) is 5.52. The zero-order chi connectivity index (χ0) is 25.0. The van der Waals surface area contributed by atoms with Gasteiger partial charge in [-0.1, -0.05) is 55.4 Å². The van der Waals surface area contributed by atoms with Crippen molar-refractivity contribution in [2.45, 2.75) is 30.7 Å². The monoisotopic (exact) mass is 526 g/mol. The van der Waals surface area contributed by atoms with Crippen LogP contribution in [0.2, 0.25) is 0 Å². The lowest BCUT2D eigenvalue weighted by atomic mass is 10.1. The molecular weight excluding hydrogens is 501 g/mol. The van der Waals surface area contributed by atoms with Crippen LogP contribution in [0.4, 0.5) is 5.69 Å². The van der Waals surface area contributed by atoms with Crippen LogP contribution in [-0.2, 0) is 14.8 Å². The highest BCUT2D eigenvalue weighted by molar-refractivity contribution is 8.00. The number of benzene rings is 2. The number of thiophene rings is 1. The number of rotatable bonds is 9. The van der Waals surface area contributed by atoms with Crippen LogP contribution < -0.4 is 5.32 Å². The molecule has 0 atom stereocenters. The van der Waals surface area contributed by atoms with Crippen LogP contribution in [0.3, 0.4) is 0 Å². The Hall–Kier alpha value is -2.79. The van der Waals surface area contributed by atoms with Crippen molar-refractivity contribution in [2.24, 2.45) is 0 Å². The van der Waals surface area contributed by atoms with E-state index in [-0.39, 0.29) is 16.6 Å². The number of carbonyl (C=O) groups excluding carboxylic acids is 1. The molecule has 4 rings (SSSR count). The highest BCUT2D eigenvalue weighted by Gasteiger charge is 2.21. The van der Waals surface area contributed by atoms with E-state index in [9.17, 15) is 13.2 Å². The van der Waals surface area contributed by atoms with E-state index in [4.69, 9.17) is 0 Å². The van der Waals surface area contributed by atoms with E-state index >= 15 is 0 Å².